The summed E-state index contributed by atoms with van der Waals surface area (Å²) in [6.45, 7) is 10.4. The Kier molecular flexibility index (Phi) is 6.21. The molecule has 0 aromatic carbocycles. The number of nitrogens with zero attached hydrogens (tertiary/aromatic N) is 7. The first kappa shape index (κ1) is 17.7. The van der Waals surface area contributed by atoms with Crippen LogP contribution in [0, 0.1) is 0 Å². The SMILES string of the molecule is CCNC(=NCCn1cccn1)N1CCN(c2nc(CC)ns2)CC1. The van der Waals surface area contributed by atoms with Crippen LogP contribution in [0.15, 0.2) is 23.5 Å². The van der Waals surface area contributed by atoms with Crippen molar-refractivity contribution in [1.29, 1.82) is 0 Å². The molecule has 25 heavy (non-hydrogen) atoms. The lowest BCUT2D eigenvalue weighted by atomic mass is 10.3. The normalized spacial score (nSPS) is 15.7. The van der Waals surface area contributed by atoms with Crippen LogP contribution < -0.4 is 10.2 Å². The van der Waals surface area contributed by atoms with E-state index in [-0.39, 0.29) is 0 Å². The summed E-state index contributed by atoms with van der Waals surface area (Å²) in [5.74, 6) is 1.93. The Hall–Kier alpha value is -2.16. The number of anilines is 1. The Bertz CT molecular complexity index is 657. The highest BCUT2D eigenvalue weighted by molar-refractivity contribution is 7.09. The van der Waals surface area contributed by atoms with Crippen LogP contribution >= 0.6 is 11.5 Å². The molecule has 0 spiro atoms. The lowest BCUT2D eigenvalue weighted by Crippen LogP contribution is -2.52. The molecule has 2 aromatic rings. The smallest absolute Gasteiger partial charge is 0.205 e. The fraction of sp³-hybridized carbons (Fsp3) is 0.625. The highest BCUT2D eigenvalue weighted by atomic mass is 32.1. The van der Waals surface area contributed by atoms with Crippen molar-refractivity contribution in [2.45, 2.75) is 26.8 Å². The van der Waals surface area contributed by atoms with E-state index in [0.29, 0.717) is 0 Å². The van der Waals surface area contributed by atoms with E-state index >= 15 is 0 Å². The van der Waals surface area contributed by atoms with Crippen LogP contribution in [0.4, 0.5) is 5.13 Å². The Labute approximate surface area is 152 Å². The first-order valence-electron chi connectivity index (χ1n) is 8.88. The summed E-state index contributed by atoms with van der Waals surface area (Å²) >= 11 is 1.50. The van der Waals surface area contributed by atoms with E-state index < -0.39 is 0 Å². The first-order valence-corrected chi connectivity index (χ1v) is 9.65. The van der Waals surface area contributed by atoms with Crippen molar-refractivity contribution in [3.05, 3.63) is 24.3 Å². The van der Waals surface area contributed by atoms with Gasteiger partial charge in [-0.25, -0.2) is 4.98 Å². The van der Waals surface area contributed by atoms with Gasteiger partial charge in [-0.05, 0) is 13.0 Å². The zero-order valence-corrected chi connectivity index (χ0v) is 15.7. The van der Waals surface area contributed by atoms with E-state index in [2.05, 4.69) is 43.4 Å². The Morgan fingerprint density at radius 2 is 2.12 bits per heavy atom. The van der Waals surface area contributed by atoms with Gasteiger partial charge in [0.25, 0.3) is 0 Å². The molecule has 1 aliphatic rings. The minimum Gasteiger partial charge on any atom is -0.357 e. The quantitative estimate of drug-likeness (QED) is 0.612. The molecule has 9 heteroatoms. The highest BCUT2D eigenvalue weighted by Gasteiger charge is 2.21. The maximum absolute atomic E-state index is 4.75. The van der Waals surface area contributed by atoms with Gasteiger partial charge in [-0.2, -0.15) is 9.47 Å². The Morgan fingerprint density at radius 1 is 1.28 bits per heavy atom. The van der Waals surface area contributed by atoms with Crippen molar-refractivity contribution < 1.29 is 0 Å². The van der Waals surface area contributed by atoms with E-state index in [4.69, 9.17) is 4.99 Å². The van der Waals surface area contributed by atoms with E-state index in [9.17, 15) is 0 Å². The van der Waals surface area contributed by atoms with Crippen molar-refractivity contribution in [2.24, 2.45) is 4.99 Å². The predicted molar refractivity (Wildman–Crippen MR) is 101 cm³/mol. The summed E-state index contributed by atoms with van der Waals surface area (Å²) in [5.41, 5.74) is 0. The number of aliphatic imine (C=N–C) groups is 1. The second-order valence-electron chi connectivity index (χ2n) is 5.83. The third-order valence-corrected chi connectivity index (χ3v) is 4.92. The third kappa shape index (κ3) is 4.68. The molecule has 1 N–H and O–H groups in total. The largest absolute Gasteiger partial charge is 0.357 e. The standard InChI is InChI=1S/C16H26N8S/c1-3-14-20-16(25-21-14)23-12-10-22(11-13-23)15(17-4-2)18-7-9-24-8-5-6-19-24/h5-6,8H,3-4,7,9-13H2,1-2H3,(H,17,18). The van der Waals surface area contributed by atoms with Gasteiger partial charge in [0.15, 0.2) is 5.96 Å². The van der Waals surface area contributed by atoms with Gasteiger partial charge in [-0.15, -0.1) is 0 Å². The van der Waals surface area contributed by atoms with Crippen LogP contribution in [0.1, 0.15) is 19.7 Å². The molecule has 1 fully saturated rings. The molecule has 3 rings (SSSR count). The Balaban J connectivity index is 1.54. The number of rotatable bonds is 6. The average molecular weight is 363 g/mol. The number of guanidine groups is 1. The van der Waals surface area contributed by atoms with Crippen molar-refractivity contribution in [3.8, 4) is 0 Å². The molecular formula is C16H26N8S. The van der Waals surface area contributed by atoms with E-state index in [1.165, 1.54) is 11.5 Å². The molecule has 0 aliphatic carbocycles. The van der Waals surface area contributed by atoms with Gasteiger partial charge in [-0.3, -0.25) is 9.67 Å². The molecular weight excluding hydrogens is 336 g/mol. The van der Waals surface area contributed by atoms with Gasteiger partial charge in [0.2, 0.25) is 5.13 Å². The van der Waals surface area contributed by atoms with Crippen molar-refractivity contribution >= 4 is 22.6 Å². The third-order valence-electron chi connectivity index (χ3n) is 4.11. The van der Waals surface area contributed by atoms with E-state index in [1.54, 1.807) is 6.20 Å². The fourth-order valence-corrected chi connectivity index (χ4v) is 3.54. The summed E-state index contributed by atoms with van der Waals surface area (Å²) < 4.78 is 6.30. The van der Waals surface area contributed by atoms with E-state index in [0.717, 1.165) is 69.1 Å². The number of piperazine rings is 1. The second kappa shape index (κ2) is 8.80. The minimum absolute atomic E-state index is 0.723. The molecule has 0 radical (unpaired) electrons. The zero-order valence-electron chi connectivity index (χ0n) is 14.9. The van der Waals surface area contributed by atoms with Crippen LogP contribution in [-0.2, 0) is 13.0 Å². The summed E-state index contributed by atoms with van der Waals surface area (Å²) in [7, 11) is 0. The van der Waals surface area contributed by atoms with Crippen molar-refractivity contribution in [3.63, 3.8) is 0 Å². The Morgan fingerprint density at radius 3 is 2.76 bits per heavy atom. The molecule has 8 nitrogen and oxygen atoms in total. The molecule has 3 heterocycles. The monoisotopic (exact) mass is 362 g/mol. The number of nitrogens with one attached hydrogen (secondary N) is 1. The summed E-state index contributed by atoms with van der Waals surface area (Å²) in [6.07, 6.45) is 4.66. The maximum atomic E-state index is 4.75. The molecule has 0 bridgehead atoms. The highest BCUT2D eigenvalue weighted by Crippen LogP contribution is 2.19. The van der Waals surface area contributed by atoms with Crippen molar-refractivity contribution in [2.75, 3.05) is 44.2 Å². The number of aromatic nitrogens is 4. The lowest BCUT2D eigenvalue weighted by molar-refractivity contribution is 0.372. The molecule has 136 valence electrons. The van der Waals surface area contributed by atoms with Crippen LogP contribution in [0.25, 0.3) is 0 Å². The van der Waals surface area contributed by atoms with Gasteiger partial charge in [0, 0.05) is 63.1 Å². The maximum Gasteiger partial charge on any atom is 0.205 e. The minimum atomic E-state index is 0.723. The van der Waals surface area contributed by atoms with Gasteiger partial charge in [0.1, 0.15) is 5.82 Å². The lowest BCUT2D eigenvalue weighted by Gasteiger charge is -2.36. The molecule has 0 saturated carbocycles. The van der Waals surface area contributed by atoms with Crippen molar-refractivity contribution in [1.82, 2.24) is 29.4 Å². The number of aryl methyl sites for hydroxylation is 1. The fourth-order valence-electron chi connectivity index (χ4n) is 2.74. The summed E-state index contributed by atoms with van der Waals surface area (Å²) in [5, 5.41) is 8.66. The average Bonchev–Trinajstić information content (AvgIpc) is 3.33. The van der Waals surface area contributed by atoms with Gasteiger partial charge < -0.3 is 15.1 Å². The first-order chi connectivity index (χ1) is 12.3. The van der Waals surface area contributed by atoms with E-state index in [1.807, 2.05) is 16.9 Å². The summed E-state index contributed by atoms with van der Waals surface area (Å²) in [6, 6.07) is 1.94. The second-order valence-corrected chi connectivity index (χ2v) is 6.56. The van der Waals surface area contributed by atoms with Crippen LogP contribution in [0.3, 0.4) is 0 Å². The topological polar surface area (TPSA) is 74.5 Å². The van der Waals surface area contributed by atoms with Crippen LogP contribution in [0.2, 0.25) is 0 Å². The molecule has 2 aromatic heterocycles. The molecule has 0 atom stereocenters. The molecule has 1 saturated heterocycles. The van der Waals surface area contributed by atoms with Gasteiger partial charge in [0.05, 0.1) is 13.1 Å². The molecule has 0 unspecified atom stereocenters. The molecule has 0 amide bonds. The van der Waals surface area contributed by atoms with Crippen LogP contribution in [-0.4, -0.2) is 69.3 Å². The number of hydrogen-bond donors (Lipinski definition) is 1. The van der Waals surface area contributed by atoms with Gasteiger partial charge >= 0.3 is 0 Å². The van der Waals surface area contributed by atoms with Gasteiger partial charge in [-0.1, -0.05) is 6.92 Å². The summed E-state index contributed by atoms with van der Waals surface area (Å²) in [4.78, 5) is 14.0. The number of hydrogen-bond acceptors (Lipinski definition) is 6. The zero-order chi connectivity index (χ0) is 17.5. The predicted octanol–water partition coefficient (Wildman–Crippen LogP) is 1.08. The molecule has 1 aliphatic heterocycles. The van der Waals surface area contributed by atoms with Crippen LogP contribution in [0.5, 0.6) is 0 Å².